The highest BCUT2D eigenvalue weighted by atomic mass is 35.5. The van der Waals surface area contributed by atoms with Gasteiger partial charge in [-0.05, 0) is 79.7 Å². The highest BCUT2D eigenvalue weighted by Gasteiger charge is 2.34. The van der Waals surface area contributed by atoms with Gasteiger partial charge < -0.3 is 9.30 Å². The van der Waals surface area contributed by atoms with Crippen molar-refractivity contribution in [2.24, 2.45) is 0 Å². The van der Waals surface area contributed by atoms with E-state index in [1.165, 1.54) is 4.90 Å². The van der Waals surface area contributed by atoms with E-state index in [0.29, 0.717) is 27.3 Å². The zero-order chi connectivity index (χ0) is 24.4. The number of carbonyl (C=O) groups is 2. The molecule has 1 aliphatic rings. The van der Waals surface area contributed by atoms with Gasteiger partial charge in [-0.25, -0.2) is 0 Å². The van der Waals surface area contributed by atoms with Gasteiger partial charge in [0.05, 0.1) is 4.91 Å². The third-order valence-electron chi connectivity index (χ3n) is 5.45. The van der Waals surface area contributed by atoms with Crippen LogP contribution >= 0.6 is 35.0 Å². The molecule has 2 aromatic carbocycles. The maximum Gasteiger partial charge on any atom is 0.293 e. The van der Waals surface area contributed by atoms with Gasteiger partial charge in [0.2, 0.25) is 0 Å². The Labute approximate surface area is 212 Å². The summed E-state index contributed by atoms with van der Waals surface area (Å²) in [5.74, 6) is 0.426. The molecule has 8 heteroatoms. The molecular formula is C26H22Cl2N2O3S. The second kappa shape index (κ2) is 10.1. The number of imide groups is 1. The van der Waals surface area contributed by atoms with Crippen molar-refractivity contribution in [3.05, 3.63) is 98.7 Å². The predicted octanol–water partition coefficient (Wildman–Crippen LogP) is 7.20. The second-order valence-electron chi connectivity index (χ2n) is 7.76. The van der Waals surface area contributed by atoms with Crippen LogP contribution in [0.4, 0.5) is 4.79 Å². The zero-order valence-electron chi connectivity index (χ0n) is 18.7. The van der Waals surface area contributed by atoms with E-state index in [1.807, 2.05) is 50.2 Å². The lowest BCUT2D eigenvalue weighted by atomic mass is 10.2. The Kier molecular flexibility index (Phi) is 7.22. The van der Waals surface area contributed by atoms with Crippen molar-refractivity contribution in [2.75, 3.05) is 6.54 Å². The lowest BCUT2D eigenvalue weighted by Crippen LogP contribution is -2.27. The number of rotatable bonds is 7. The summed E-state index contributed by atoms with van der Waals surface area (Å²) in [6.45, 7) is 8.14. The van der Waals surface area contributed by atoms with Crippen LogP contribution in [0.5, 0.6) is 5.75 Å². The molecule has 0 bridgehead atoms. The molecule has 3 aromatic rings. The molecule has 0 radical (unpaired) electrons. The van der Waals surface area contributed by atoms with Gasteiger partial charge in [-0.2, -0.15) is 0 Å². The van der Waals surface area contributed by atoms with E-state index in [2.05, 4.69) is 11.1 Å². The van der Waals surface area contributed by atoms with Crippen molar-refractivity contribution in [1.29, 1.82) is 0 Å². The SMILES string of the molecule is C=CCN1C(=O)S/C(=C/c2cc(C)n(-c3ccc(OCc4ccc(Cl)cc4Cl)cc3)c2C)C1=O. The van der Waals surface area contributed by atoms with Gasteiger partial charge in [-0.1, -0.05) is 35.3 Å². The third kappa shape index (κ3) is 4.94. The molecule has 0 unspecified atom stereocenters. The predicted molar refractivity (Wildman–Crippen MR) is 139 cm³/mol. The zero-order valence-corrected chi connectivity index (χ0v) is 21.0. The fourth-order valence-electron chi connectivity index (χ4n) is 3.75. The average molecular weight is 513 g/mol. The highest BCUT2D eigenvalue weighted by Crippen LogP contribution is 2.34. The molecule has 0 saturated carbocycles. The van der Waals surface area contributed by atoms with E-state index in [1.54, 1.807) is 24.3 Å². The first-order valence-corrected chi connectivity index (χ1v) is 12.1. The van der Waals surface area contributed by atoms with E-state index in [-0.39, 0.29) is 17.7 Å². The van der Waals surface area contributed by atoms with Crippen molar-refractivity contribution >= 4 is 52.2 Å². The van der Waals surface area contributed by atoms with Crippen LogP contribution in [-0.4, -0.2) is 27.2 Å². The number of amides is 2. The molecule has 0 N–H and O–H groups in total. The van der Waals surface area contributed by atoms with E-state index >= 15 is 0 Å². The summed E-state index contributed by atoms with van der Waals surface area (Å²) in [6.07, 6.45) is 3.32. The van der Waals surface area contributed by atoms with Gasteiger partial charge in [0.15, 0.2) is 0 Å². The van der Waals surface area contributed by atoms with Gasteiger partial charge in [0.1, 0.15) is 12.4 Å². The number of carbonyl (C=O) groups excluding carboxylic acids is 2. The number of hydrogen-bond donors (Lipinski definition) is 0. The minimum Gasteiger partial charge on any atom is -0.489 e. The Morgan fingerprint density at radius 2 is 1.79 bits per heavy atom. The first-order valence-electron chi connectivity index (χ1n) is 10.5. The van der Waals surface area contributed by atoms with Crippen LogP contribution in [0.3, 0.4) is 0 Å². The van der Waals surface area contributed by atoms with Crippen LogP contribution in [0, 0.1) is 13.8 Å². The molecule has 1 saturated heterocycles. The summed E-state index contributed by atoms with van der Waals surface area (Å²) in [6, 6.07) is 15.1. The third-order valence-corrected chi connectivity index (χ3v) is 6.94. The molecule has 34 heavy (non-hydrogen) atoms. The fourth-order valence-corrected chi connectivity index (χ4v) is 5.05. The van der Waals surface area contributed by atoms with Crippen molar-refractivity contribution in [1.82, 2.24) is 9.47 Å². The van der Waals surface area contributed by atoms with E-state index in [4.69, 9.17) is 27.9 Å². The number of thioether (sulfide) groups is 1. The van der Waals surface area contributed by atoms with Gasteiger partial charge >= 0.3 is 0 Å². The summed E-state index contributed by atoms with van der Waals surface area (Å²) in [4.78, 5) is 26.3. The minimum absolute atomic E-state index is 0.208. The summed E-state index contributed by atoms with van der Waals surface area (Å²) < 4.78 is 7.98. The van der Waals surface area contributed by atoms with E-state index in [0.717, 1.165) is 40.0 Å². The van der Waals surface area contributed by atoms with Crippen molar-refractivity contribution in [2.45, 2.75) is 20.5 Å². The summed E-state index contributed by atoms with van der Waals surface area (Å²) in [5.41, 5.74) is 4.69. The minimum atomic E-state index is -0.290. The average Bonchev–Trinajstić information content (AvgIpc) is 3.23. The number of benzene rings is 2. The van der Waals surface area contributed by atoms with Crippen LogP contribution < -0.4 is 4.74 Å². The molecule has 0 spiro atoms. The normalized spacial score (nSPS) is 14.8. The summed E-state index contributed by atoms with van der Waals surface area (Å²) in [5, 5.41) is 0.875. The molecule has 0 aliphatic carbocycles. The molecule has 4 rings (SSSR count). The van der Waals surface area contributed by atoms with Crippen molar-refractivity contribution < 1.29 is 14.3 Å². The largest absolute Gasteiger partial charge is 0.489 e. The van der Waals surface area contributed by atoms with Gasteiger partial charge in [0.25, 0.3) is 11.1 Å². The number of halogens is 2. The van der Waals surface area contributed by atoms with Crippen molar-refractivity contribution in [3.63, 3.8) is 0 Å². The topological polar surface area (TPSA) is 51.5 Å². The standard InChI is InChI=1S/C26H22Cl2N2O3S/c1-4-11-29-25(31)24(34-26(29)32)13-19-12-16(2)30(17(19)3)21-7-9-22(10-8-21)33-15-18-5-6-20(27)14-23(18)28/h4-10,12-14H,1,11,15H2,2-3H3/b24-13+. The molecule has 0 atom stereocenters. The first kappa shape index (κ1) is 24.2. The van der Waals surface area contributed by atoms with Crippen LogP contribution in [0.1, 0.15) is 22.5 Å². The Hall–Kier alpha value is -2.93. The Bertz CT molecular complexity index is 1310. The Morgan fingerprint density at radius 3 is 2.47 bits per heavy atom. The Balaban J connectivity index is 1.52. The molecule has 1 aromatic heterocycles. The maximum absolute atomic E-state index is 12.6. The number of hydrogen-bond acceptors (Lipinski definition) is 4. The fraction of sp³-hybridized carbons (Fsp3) is 0.154. The quantitative estimate of drug-likeness (QED) is 0.248. The lowest BCUT2D eigenvalue weighted by molar-refractivity contribution is -0.122. The molecule has 5 nitrogen and oxygen atoms in total. The maximum atomic E-state index is 12.6. The smallest absolute Gasteiger partial charge is 0.293 e. The van der Waals surface area contributed by atoms with Crippen LogP contribution in [0.25, 0.3) is 11.8 Å². The summed E-state index contributed by atoms with van der Waals surface area (Å²) >= 11 is 13.1. The van der Waals surface area contributed by atoms with E-state index < -0.39 is 0 Å². The first-order chi connectivity index (χ1) is 16.3. The molecule has 2 amide bonds. The molecule has 2 heterocycles. The van der Waals surface area contributed by atoms with Gasteiger partial charge in [-0.15, -0.1) is 6.58 Å². The summed E-state index contributed by atoms with van der Waals surface area (Å²) in [7, 11) is 0. The van der Waals surface area contributed by atoms with Crippen LogP contribution in [0.2, 0.25) is 10.0 Å². The van der Waals surface area contributed by atoms with Crippen LogP contribution in [-0.2, 0) is 11.4 Å². The Morgan fingerprint density at radius 1 is 1.06 bits per heavy atom. The molecule has 1 fully saturated rings. The molecule has 174 valence electrons. The monoisotopic (exact) mass is 512 g/mol. The number of aryl methyl sites for hydroxylation is 1. The lowest BCUT2D eigenvalue weighted by Gasteiger charge is -2.12. The number of ether oxygens (including phenoxy) is 1. The van der Waals surface area contributed by atoms with Gasteiger partial charge in [-0.3, -0.25) is 14.5 Å². The molecular weight excluding hydrogens is 491 g/mol. The molecule has 1 aliphatic heterocycles. The van der Waals surface area contributed by atoms with Gasteiger partial charge in [0, 0.05) is 39.2 Å². The second-order valence-corrected chi connectivity index (χ2v) is 9.60. The highest BCUT2D eigenvalue weighted by molar-refractivity contribution is 8.18. The number of aromatic nitrogens is 1. The van der Waals surface area contributed by atoms with E-state index in [9.17, 15) is 9.59 Å². The van der Waals surface area contributed by atoms with Crippen molar-refractivity contribution in [3.8, 4) is 11.4 Å². The van der Waals surface area contributed by atoms with Crippen LogP contribution in [0.15, 0.2) is 66.1 Å². The number of nitrogens with zero attached hydrogens (tertiary/aromatic N) is 2.